The molecule has 1 heterocycles. The highest BCUT2D eigenvalue weighted by atomic mass is 15.5. The summed E-state index contributed by atoms with van der Waals surface area (Å²) in [6.45, 7) is 6.86. The molecule has 29 heavy (non-hydrogen) atoms. The minimum absolute atomic E-state index is 0.693. The third-order valence-corrected chi connectivity index (χ3v) is 5.18. The summed E-state index contributed by atoms with van der Waals surface area (Å²) >= 11 is 0. The lowest BCUT2D eigenvalue weighted by Crippen LogP contribution is -2.16. The summed E-state index contributed by atoms with van der Waals surface area (Å²) in [5.41, 5.74) is 5.62. The maximum Gasteiger partial charge on any atom is 0.117 e. The van der Waals surface area contributed by atoms with Crippen LogP contribution in [0.2, 0.25) is 0 Å². The van der Waals surface area contributed by atoms with Crippen LogP contribution < -0.4 is 5.32 Å². The van der Waals surface area contributed by atoms with E-state index in [2.05, 4.69) is 67.7 Å². The standard InChI is InChI=1S/C25H34N4/c1-3-4-5-6-7-11-17-26-19-24-25(23-15-9-8-10-16-23)28-29(27-24)20-22-14-12-13-21(2)18-22/h8-10,12-16,18,26H,3-7,11,17,19-20H2,1-2H3. The van der Waals surface area contributed by atoms with E-state index in [1.165, 1.54) is 49.7 Å². The number of unbranched alkanes of at least 4 members (excludes halogenated alkanes) is 5. The van der Waals surface area contributed by atoms with Gasteiger partial charge in [-0.25, -0.2) is 0 Å². The molecule has 4 heteroatoms. The summed E-state index contributed by atoms with van der Waals surface area (Å²) in [5, 5.41) is 13.2. The van der Waals surface area contributed by atoms with Gasteiger partial charge in [0, 0.05) is 12.1 Å². The summed E-state index contributed by atoms with van der Waals surface area (Å²) in [6.07, 6.45) is 7.90. The Labute approximate surface area is 175 Å². The molecule has 4 nitrogen and oxygen atoms in total. The van der Waals surface area contributed by atoms with Crippen LogP contribution in [0.5, 0.6) is 0 Å². The Balaban J connectivity index is 1.62. The van der Waals surface area contributed by atoms with Gasteiger partial charge in [0.15, 0.2) is 0 Å². The maximum absolute atomic E-state index is 4.82. The van der Waals surface area contributed by atoms with Crippen molar-refractivity contribution in [3.63, 3.8) is 0 Å². The number of hydrogen-bond acceptors (Lipinski definition) is 3. The van der Waals surface area contributed by atoms with Crippen molar-refractivity contribution in [1.82, 2.24) is 20.3 Å². The number of benzene rings is 2. The normalized spacial score (nSPS) is 11.1. The minimum Gasteiger partial charge on any atom is -0.311 e. The summed E-state index contributed by atoms with van der Waals surface area (Å²) in [4.78, 5) is 1.83. The molecule has 154 valence electrons. The Morgan fingerprint density at radius 1 is 0.862 bits per heavy atom. The van der Waals surface area contributed by atoms with Gasteiger partial charge in [-0.05, 0) is 25.5 Å². The van der Waals surface area contributed by atoms with Gasteiger partial charge in [-0.15, -0.1) is 0 Å². The number of rotatable bonds is 12. The van der Waals surface area contributed by atoms with Crippen LogP contribution in [-0.4, -0.2) is 21.5 Å². The molecular weight excluding hydrogens is 356 g/mol. The number of aromatic nitrogens is 3. The zero-order valence-electron chi connectivity index (χ0n) is 17.9. The van der Waals surface area contributed by atoms with Gasteiger partial charge in [-0.2, -0.15) is 15.0 Å². The van der Waals surface area contributed by atoms with E-state index in [4.69, 9.17) is 10.2 Å². The molecule has 0 atom stereocenters. The van der Waals surface area contributed by atoms with Crippen molar-refractivity contribution in [2.75, 3.05) is 6.54 Å². The topological polar surface area (TPSA) is 42.7 Å². The first kappa shape index (κ1) is 21.3. The molecule has 0 bridgehead atoms. The number of nitrogens with one attached hydrogen (secondary N) is 1. The van der Waals surface area contributed by atoms with Crippen molar-refractivity contribution < 1.29 is 0 Å². The fourth-order valence-corrected chi connectivity index (χ4v) is 3.60. The summed E-state index contributed by atoms with van der Waals surface area (Å²) in [7, 11) is 0. The van der Waals surface area contributed by atoms with Gasteiger partial charge in [-0.3, -0.25) is 0 Å². The predicted molar refractivity (Wildman–Crippen MR) is 121 cm³/mol. The van der Waals surface area contributed by atoms with E-state index in [1.807, 2.05) is 10.9 Å². The van der Waals surface area contributed by atoms with E-state index in [-0.39, 0.29) is 0 Å². The van der Waals surface area contributed by atoms with Crippen LogP contribution in [0.25, 0.3) is 11.3 Å². The van der Waals surface area contributed by atoms with Crippen molar-refractivity contribution in [2.24, 2.45) is 0 Å². The highest BCUT2D eigenvalue weighted by molar-refractivity contribution is 5.60. The van der Waals surface area contributed by atoms with E-state index in [0.29, 0.717) is 6.54 Å². The predicted octanol–water partition coefficient (Wildman–Crippen LogP) is 5.75. The molecule has 3 aromatic rings. The van der Waals surface area contributed by atoms with E-state index in [9.17, 15) is 0 Å². The summed E-state index contributed by atoms with van der Waals surface area (Å²) in [5.74, 6) is 0. The molecule has 0 saturated heterocycles. The van der Waals surface area contributed by atoms with Gasteiger partial charge in [-0.1, -0.05) is 99.2 Å². The first-order chi connectivity index (χ1) is 14.3. The van der Waals surface area contributed by atoms with E-state index >= 15 is 0 Å². The zero-order chi connectivity index (χ0) is 20.3. The van der Waals surface area contributed by atoms with Crippen LogP contribution in [0.1, 0.15) is 62.3 Å². The fraction of sp³-hybridized carbons (Fsp3) is 0.440. The Morgan fingerprint density at radius 3 is 2.45 bits per heavy atom. The van der Waals surface area contributed by atoms with Gasteiger partial charge in [0.1, 0.15) is 11.4 Å². The van der Waals surface area contributed by atoms with Crippen LogP contribution in [0.3, 0.4) is 0 Å². The zero-order valence-corrected chi connectivity index (χ0v) is 17.9. The van der Waals surface area contributed by atoms with Gasteiger partial charge >= 0.3 is 0 Å². The first-order valence-electron chi connectivity index (χ1n) is 11.0. The second-order valence-electron chi connectivity index (χ2n) is 7.83. The second-order valence-corrected chi connectivity index (χ2v) is 7.83. The van der Waals surface area contributed by atoms with Crippen molar-refractivity contribution in [3.8, 4) is 11.3 Å². The molecule has 0 aliphatic heterocycles. The average Bonchev–Trinajstić information content (AvgIpc) is 3.13. The molecule has 0 spiro atoms. The van der Waals surface area contributed by atoms with Crippen molar-refractivity contribution >= 4 is 0 Å². The average molecular weight is 391 g/mol. The molecule has 0 radical (unpaired) electrons. The molecular formula is C25H34N4. The Hall–Kier alpha value is -2.46. The maximum atomic E-state index is 4.82. The molecule has 2 aromatic carbocycles. The molecule has 0 aliphatic rings. The van der Waals surface area contributed by atoms with Crippen LogP contribution in [0.4, 0.5) is 0 Å². The second kappa shape index (κ2) is 11.5. The Bertz CT molecular complexity index is 854. The monoisotopic (exact) mass is 390 g/mol. The Morgan fingerprint density at radius 2 is 1.66 bits per heavy atom. The lowest BCUT2D eigenvalue weighted by atomic mass is 10.1. The van der Waals surface area contributed by atoms with Gasteiger partial charge in [0.05, 0.1) is 6.54 Å². The summed E-state index contributed by atoms with van der Waals surface area (Å²) in [6, 6.07) is 18.9. The molecule has 0 aliphatic carbocycles. The number of nitrogens with zero attached hydrogens (tertiary/aromatic N) is 3. The molecule has 0 fully saturated rings. The molecule has 1 N–H and O–H groups in total. The van der Waals surface area contributed by atoms with Crippen molar-refractivity contribution in [3.05, 3.63) is 71.4 Å². The van der Waals surface area contributed by atoms with Gasteiger partial charge in [0.25, 0.3) is 0 Å². The van der Waals surface area contributed by atoms with Crippen molar-refractivity contribution in [2.45, 2.75) is 65.5 Å². The molecule has 0 amide bonds. The van der Waals surface area contributed by atoms with Gasteiger partial charge in [0.2, 0.25) is 0 Å². The fourth-order valence-electron chi connectivity index (χ4n) is 3.60. The molecule has 0 unspecified atom stereocenters. The first-order valence-corrected chi connectivity index (χ1v) is 11.0. The van der Waals surface area contributed by atoms with Crippen LogP contribution >= 0.6 is 0 Å². The van der Waals surface area contributed by atoms with Crippen LogP contribution in [0, 0.1) is 6.92 Å². The SMILES string of the molecule is CCCCCCCCNCc1nn(Cc2cccc(C)c2)nc1-c1ccccc1. The highest BCUT2D eigenvalue weighted by Gasteiger charge is 2.13. The summed E-state index contributed by atoms with van der Waals surface area (Å²) < 4.78 is 0. The molecule has 1 aromatic heterocycles. The largest absolute Gasteiger partial charge is 0.311 e. The quantitative estimate of drug-likeness (QED) is 0.400. The Kier molecular flexibility index (Phi) is 8.44. The van der Waals surface area contributed by atoms with Crippen molar-refractivity contribution in [1.29, 1.82) is 0 Å². The van der Waals surface area contributed by atoms with E-state index < -0.39 is 0 Å². The molecule has 3 rings (SSSR count). The van der Waals surface area contributed by atoms with Crippen LogP contribution in [0.15, 0.2) is 54.6 Å². The van der Waals surface area contributed by atoms with Gasteiger partial charge < -0.3 is 5.32 Å². The smallest absolute Gasteiger partial charge is 0.117 e. The van der Waals surface area contributed by atoms with Crippen LogP contribution in [-0.2, 0) is 13.1 Å². The molecule has 0 saturated carbocycles. The van der Waals surface area contributed by atoms with E-state index in [1.54, 1.807) is 0 Å². The van der Waals surface area contributed by atoms with E-state index in [0.717, 1.165) is 30.0 Å². The minimum atomic E-state index is 0.693. The lowest BCUT2D eigenvalue weighted by molar-refractivity contribution is 0.556. The third kappa shape index (κ3) is 6.82. The lowest BCUT2D eigenvalue weighted by Gasteiger charge is -2.04. The third-order valence-electron chi connectivity index (χ3n) is 5.18. The number of hydrogen-bond donors (Lipinski definition) is 1. The highest BCUT2D eigenvalue weighted by Crippen LogP contribution is 2.20. The number of aryl methyl sites for hydroxylation is 1.